The summed E-state index contributed by atoms with van der Waals surface area (Å²) in [5.41, 5.74) is 6.23. The summed E-state index contributed by atoms with van der Waals surface area (Å²) in [6, 6.07) is 21.5. The van der Waals surface area contributed by atoms with Crippen LogP contribution in [-0.4, -0.2) is 14.1 Å². The van der Waals surface area contributed by atoms with E-state index < -0.39 is 0 Å². The van der Waals surface area contributed by atoms with E-state index in [0.29, 0.717) is 15.2 Å². The SMILES string of the molecule is Cc1cc(C)c(OCc2ccccc2)c(Pc2ccc(C)cc2N(C)C)c1. The highest BCUT2D eigenvalue weighted by Gasteiger charge is 2.13. The zero-order valence-corrected chi connectivity index (χ0v) is 17.8. The van der Waals surface area contributed by atoms with Crippen molar-refractivity contribution >= 4 is 24.9 Å². The normalized spacial score (nSPS) is 11.1. The lowest BCUT2D eigenvalue weighted by atomic mass is 10.1. The van der Waals surface area contributed by atoms with E-state index in [1.807, 2.05) is 6.07 Å². The molecule has 0 aromatic heterocycles. The highest BCUT2D eigenvalue weighted by molar-refractivity contribution is 7.56. The van der Waals surface area contributed by atoms with Crippen LogP contribution in [0.1, 0.15) is 22.3 Å². The van der Waals surface area contributed by atoms with Crippen molar-refractivity contribution in [3.8, 4) is 5.75 Å². The Bertz CT molecular complexity index is 919. The van der Waals surface area contributed by atoms with Gasteiger partial charge < -0.3 is 9.64 Å². The Morgan fingerprint density at radius 1 is 0.815 bits per heavy atom. The zero-order valence-electron chi connectivity index (χ0n) is 16.8. The van der Waals surface area contributed by atoms with Crippen molar-refractivity contribution in [3.63, 3.8) is 0 Å². The molecule has 140 valence electrons. The van der Waals surface area contributed by atoms with Crippen molar-refractivity contribution in [1.29, 1.82) is 0 Å². The molecular formula is C24H28NOP. The van der Waals surface area contributed by atoms with E-state index in [1.54, 1.807) is 0 Å². The fraction of sp³-hybridized carbons (Fsp3) is 0.250. The first-order chi connectivity index (χ1) is 12.9. The highest BCUT2D eigenvalue weighted by atomic mass is 31.1. The Labute approximate surface area is 165 Å². The molecule has 3 aromatic rings. The van der Waals surface area contributed by atoms with Crippen molar-refractivity contribution in [3.05, 3.63) is 82.9 Å². The van der Waals surface area contributed by atoms with Crippen LogP contribution in [0.4, 0.5) is 5.69 Å². The lowest BCUT2D eigenvalue weighted by molar-refractivity contribution is 0.307. The molecule has 0 amide bonds. The lowest BCUT2D eigenvalue weighted by Gasteiger charge is -2.20. The van der Waals surface area contributed by atoms with E-state index in [2.05, 4.69) is 94.4 Å². The average Bonchev–Trinajstić information content (AvgIpc) is 2.63. The van der Waals surface area contributed by atoms with Gasteiger partial charge in [-0.2, -0.15) is 0 Å². The second kappa shape index (κ2) is 8.59. The van der Waals surface area contributed by atoms with Crippen molar-refractivity contribution < 1.29 is 4.74 Å². The first-order valence-corrected chi connectivity index (χ1v) is 10.3. The van der Waals surface area contributed by atoms with Gasteiger partial charge in [0, 0.05) is 30.4 Å². The quantitative estimate of drug-likeness (QED) is 0.568. The van der Waals surface area contributed by atoms with E-state index in [-0.39, 0.29) is 0 Å². The second-order valence-corrected chi connectivity index (χ2v) is 8.60. The van der Waals surface area contributed by atoms with Crippen LogP contribution < -0.4 is 20.2 Å². The molecule has 3 aromatic carbocycles. The minimum absolute atomic E-state index is 0.557. The molecule has 0 saturated heterocycles. The third kappa shape index (κ3) is 4.90. The maximum atomic E-state index is 6.30. The zero-order chi connectivity index (χ0) is 19.4. The smallest absolute Gasteiger partial charge is 0.130 e. The molecule has 3 rings (SSSR count). The van der Waals surface area contributed by atoms with Gasteiger partial charge in [0.05, 0.1) is 0 Å². The summed E-state index contributed by atoms with van der Waals surface area (Å²) in [4.78, 5) is 2.20. The summed E-state index contributed by atoms with van der Waals surface area (Å²) in [7, 11) is 4.77. The lowest BCUT2D eigenvalue weighted by Crippen LogP contribution is -2.19. The van der Waals surface area contributed by atoms with Gasteiger partial charge in [-0.15, -0.1) is 0 Å². The molecule has 0 saturated carbocycles. The van der Waals surface area contributed by atoms with Gasteiger partial charge in [0.25, 0.3) is 0 Å². The van der Waals surface area contributed by atoms with E-state index in [0.717, 1.165) is 5.75 Å². The molecule has 1 atom stereocenters. The molecule has 0 bridgehead atoms. The Kier molecular flexibility index (Phi) is 6.19. The van der Waals surface area contributed by atoms with Crippen LogP contribution in [-0.2, 0) is 6.61 Å². The first kappa shape index (κ1) is 19.5. The fourth-order valence-electron chi connectivity index (χ4n) is 3.23. The molecule has 0 spiro atoms. The molecule has 0 heterocycles. The van der Waals surface area contributed by atoms with Crippen LogP contribution in [0.5, 0.6) is 5.75 Å². The summed E-state index contributed by atoms with van der Waals surface area (Å²) in [5, 5.41) is 2.62. The van der Waals surface area contributed by atoms with Crippen molar-refractivity contribution in [2.45, 2.75) is 27.4 Å². The standard InChI is InChI=1S/C24H28NOP/c1-17-11-12-22(21(14-17)25(4)5)27-23-15-18(2)13-19(3)24(23)26-16-20-9-7-6-8-10-20/h6-15,27H,16H2,1-5H3. The maximum Gasteiger partial charge on any atom is 0.130 e. The second-order valence-electron chi connectivity index (χ2n) is 7.27. The predicted octanol–water partition coefficient (Wildman–Crippen LogP) is 4.89. The number of hydrogen-bond donors (Lipinski definition) is 0. The van der Waals surface area contributed by atoms with E-state index in [1.165, 1.54) is 38.6 Å². The molecule has 1 unspecified atom stereocenters. The summed E-state index contributed by atoms with van der Waals surface area (Å²) in [5.74, 6) is 1.02. The molecule has 0 N–H and O–H groups in total. The molecule has 0 radical (unpaired) electrons. The molecule has 3 heteroatoms. The molecule has 27 heavy (non-hydrogen) atoms. The third-order valence-electron chi connectivity index (χ3n) is 4.55. The van der Waals surface area contributed by atoms with Crippen molar-refractivity contribution in [1.82, 2.24) is 0 Å². The third-order valence-corrected chi connectivity index (χ3v) is 5.88. The van der Waals surface area contributed by atoms with Gasteiger partial charge in [0.1, 0.15) is 12.4 Å². The molecule has 0 fully saturated rings. The van der Waals surface area contributed by atoms with Crippen molar-refractivity contribution in [2.75, 3.05) is 19.0 Å². The van der Waals surface area contributed by atoms with Crippen LogP contribution in [0, 0.1) is 20.8 Å². The largest absolute Gasteiger partial charge is 0.488 e. The Balaban J connectivity index is 1.93. The van der Waals surface area contributed by atoms with Crippen LogP contribution >= 0.6 is 8.58 Å². The number of benzene rings is 3. The first-order valence-electron chi connectivity index (χ1n) is 9.27. The minimum atomic E-state index is 0.557. The number of ether oxygens (including phenoxy) is 1. The van der Waals surface area contributed by atoms with Crippen LogP contribution in [0.25, 0.3) is 0 Å². The number of nitrogens with zero attached hydrogens (tertiary/aromatic N) is 1. The Hall–Kier alpha value is -2.31. The summed E-state index contributed by atoms with van der Waals surface area (Å²) in [6.07, 6.45) is 0. The van der Waals surface area contributed by atoms with Gasteiger partial charge in [0.2, 0.25) is 0 Å². The van der Waals surface area contributed by atoms with E-state index >= 15 is 0 Å². The minimum Gasteiger partial charge on any atom is -0.488 e. The van der Waals surface area contributed by atoms with Gasteiger partial charge >= 0.3 is 0 Å². The monoisotopic (exact) mass is 377 g/mol. The Morgan fingerprint density at radius 3 is 2.26 bits per heavy atom. The van der Waals surface area contributed by atoms with Gasteiger partial charge in [-0.1, -0.05) is 57.1 Å². The van der Waals surface area contributed by atoms with Crippen LogP contribution in [0.15, 0.2) is 60.7 Å². The molecular weight excluding hydrogens is 349 g/mol. The molecule has 0 aliphatic carbocycles. The average molecular weight is 377 g/mol. The molecule has 0 aliphatic heterocycles. The summed E-state index contributed by atoms with van der Waals surface area (Å²) < 4.78 is 6.30. The number of anilines is 1. The fourth-order valence-corrected chi connectivity index (χ4v) is 4.79. The van der Waals surface area contributed by atoms with Crippen LogP contribution in [0.2, 0.25) is 0 Å². The molecule has 0 aliphatic rings. The maximum absolute atomic E-state index is 6.30. The van der Waals surface area contributed by atoms with Crippen molar-refractivity contribution in [2.24, 2.45) is 0 Å². The number of rotatable bonds is 6. The van der Waals surface area contributed by atoms with Gasteiger partial charge in [-0.05, 0) is 55.2 Å². The summed E-state index contributed by atoms with van der Waals surface area (Å²) in [6.45, 7) is 7.04. The van der Waals surface area contributed by atoms with E-state index in [9.17, 15) is 0 Å². The van der Waals surface area contributed by atoms with E-state index in [4.69, 9.17) is 4.74 Å². The van der Waals surface area contributed by atoms with Gasteiger partial charge in [-0.25, -0.2) is 0 Å². The number of hydrogen-bond acceptors (Lipinski definition) is 2. The topological polar surface area (TPSA) is 12.5 Å². The number of aryl methyl sites for hydroxylation is 3. The highest BCUT2D eigenvalue weighted by Crippen LogP contribution is 2.28. The van der Waals surface area contributed by atoms with Gasteiger partial charge in [0.15, 0.2) is 0 Å². The molecule has 2 nitrogen and oxygen atoms in total. The Morgan fingerprint density at radius 2 is 1.56 bits per heavy atom. The summed E-state index contributed by atoms with van der Waals surface area (Å²) >= 11 is 0. The van der Waals surface area contributed by atoms with Gasteiger partial charge in [-0.3, -0.25) is 0 Å². The van der Waals surface area contributed by atoms with Crippen LogP contribution in [0.3, 0.4) is 0 Å². The predicted molar refractivity (Wildman–Crippen MR) is 120 cm³/mol.